The molecule has 0 saturated heterocycles. The molecule has 1 aliphatic heterocycles. The lowest BCUT2D eigenvalue weighted by Crippen LogP contribution is -2.43. The number of carbonyl (C=O) groups excluding carboxylic acids is 2. The highest BCUT2D eigenvalue weighted by Gasteiger charge is 2.38. The average molecular weight is 314 g/mol. The van der Waals surface area contributed by atoms with Gasteiger partial charge in [-0.3, -0.25) is 9.80 Å². The monoisotopic (exact) mass is 314 g/mol. The fraction of sp³-hybridized carbons (Fsp3) is 0.375. The molecule has 1 aromatic carbocycles. The molecule has 0 aromatic heterocycles. The van der Waals surface area contributed by atoms with Crippen LogP contribution in [-0.2, 0) is 14.3 Å². The molecule has 0 aliphatic carbocycles. The number of hydrazone groups is 1. The molecule has 1 heterocycles. The van der Waals surface area contributed by atoms with E-state index >= 15 is 0 Å². The van der Waals surface area contributed by atoms with Crippen molar-refractivity contribution in [3.63, 3.8) is 0 Å². The zero-order valence-electron chi connectivity index (χ0n) is 13.1. The van der Waals surface area contributed by atoms with Crippen molar-refractivity contribution in [1.29, 1.82) is 5.26 Å². The molecule has 1 unspecified atom stereocenters. The van der Waals surface area contributed by atoms with Gasteiger partial charge in [0.05, 0.1) is 18.4 Å². The molecule has 120 valence electrons. The van der Waals surface area contributed by atoms with Crippen LogP contribution in [0.3, 0.4) is 0 Å². The van der Waals surface area contributed by atoms with Gasteiger partial charge in [-0.2, -0.15) is 10.4 Å². The normalized spacial score (nSPS) is 16.5. The molecule has 0 bridgehead atoms. The highest BCUT2D eigenvalue weighted by atomic mass is 16.5. The fourth-order valence-electron chi connectivity index (χ4n) is 2.30. The Kier molecular flexibility index (Phi) is 5.31. The number of hydrogen-bond donors (Lipinski definition) is 0. The van der Waals surface area contributed by atoms with Gasteiger partial charge in [-0.05, 0) is 19.1 Å². The van der Waals surface area contributed by atoms with Crippen LogP contribution in [0.5, 0.6) is 0 Å². The van der Waals surface area contributed by atoms with Crippen molar-refractivity contribution in [2.24, 2.45) is 5.10 Å². The van der Waals surface area contributed by atoms with Crippen molar-refractivity contribution in [3.05, 3.63) is 30.3 Å². The second kappa shape index (κ2) is 7.40. The third-order valence-electron chi connectivity index (χ3n) is 3.41. The maximum Gasteiger partial charge on any atom is 0.354 e. The summed E-state index contributed by atoms with van der Waals surface area (Å²) in [5.41, 5.74) is 0.912. The topological polar surface area (TPSA) is 86.0 Å². The SMILES string of the molecule is CCOC(=O)C1=NN(c2ccccc2)C(C(=O)N(C)CC#N)C1. The summed E-state index contributed by atoms with van der Waals surface area (Å²) in [4.78, 5) is 25.8. The predicted octanol–water partition coefficient (Wildman–Crippen LogP) is 1.17. The molecule has 0 fully saturated rings. The van der Waals surface area contributed by atoms with Crippen molar-refractivity contribution in [3.8, 4) is 6.07 Å². The standard InChI is InChI=1S/C16H18N4O3/c1-3-23-16(22)13-11-14(15(21)19(2)10-9-17)20(18-13)12-7-5-4-6-8-12/h4-8,14H,3,10-11H2,1-2H3. The van der Waals surface area contributed by atoms with Gasteiger partial charge in [-0.25, -0.2) is 4.79 Å². The number of hydrogen-bond acceptors (Lipinski definition) is 6. The minimum Gasteiger partial charge on any atom is -0.461 e. The Morgan fingerprint density at radius 3 is 2.74 bits per heavy atom. The van der Waals surface area contributed by atoms with Gasteiger partial charge in [-0.15, -0.1) is 0 Å². The number of esters is 1. The Hall–Kier alpha value is -2.88. The summed E-state index contributed by atoms with van der Waals surface area (Å²) in [6.45, 7) is 1.94. The van der Waals surface area contributed by atoms with E-state index in [1.54, 1.807) is 14.0 Å². The highest BCUT2D eigenvalue weighted by molar-refractivity contribution is 6.38. The quantitative estimate of drug-likeness (QED) is 0.601. The Morgan fingerprint density at radius 2 is 2.13 bits per heavy atom. The molecular weight excluding hydrogens is 296 g/mol. The molecule has 1 atom stereocenters. The van der Waals surface area contributed by atoms with Crippen LogP contribution < -0.4 is 5.01 Å². The van der Waals surface area contributed by atoms with Crippen LogP contribution in [0.4, 0.5) is 5.69 Å². The molecule has 7 nitrogen and oxygen atoms in total. The minimum absolute atomic E-state index is 0.0211. The van der Waals surface area contributed by atoms with Crippen molar-refractivity contribution >= 4 is 23.3 Å². The number of ether oxygens (including phenoxy) is 1. The van der Waals surface area contributed by atoms with E-state index in [4.69, 9.17) is 10.00 Å². The van der Waals surface area contributed by atoms with Crippen LogP contribution in [0.1, 0.15) is 13.3 Å². The van der Waals surface area contributed by atoms with Crippen LogP contribution in [0.25, 0.3) is 0 Å². The summed E-state index contributed by atoms with van der Waals surface area (Å²) in [5, 5.41) is 14.5. The van der Waals surface area contributed by atoms with Crippen molar-refractivity contribution in [2.75, 3.05) is 25.2 Å². The summed E-state index contributed by atoms with van der Waals surface area (Å²) in [7, 11) is 1.55. The Bertz CT molecular complexity index is 651. The first-order chi connectivity index (χ1) is 11.1. The van der Waals surface area contributed by atoms with Gasteiger partial charge < -0.3 is 9.64 Å². The maximum atomic E-state index is 12.6. The van der Waals surface area contributed by atoms with Crippen molar-refractivity contribution in [2.45, 2.75) is 19.4 Å². The first-order valence-electron chi connectivity index (χ1n) is 7.29. The van der Waals surface area contributed by atoms with Gasteiger partial charge in [-0.1, -0.05) is 18.2 Å². The van der Waals surface area contributed by atoms with Gasteiger partial charge in [0.25, 0.3) is 0 Å². The Labute approximate surface area is 134 Å². The Morgan fingerprint density at radius 1 is 1.43 bits per heavy atom. The first-order valence-corrected chi connectivity index (χ1v) is 7.29. The van der Waals surface area contributed by atoms with E-state index in [1.165, 1.54) is 9.91 Å². The molecule has 0 N–H and O–H groups in total. The number of carbonyl (C=O) groups is 2. The lowest BCUT2D eigenvalue weighted by molar-refractivity contribution is -0.135. The van der Waals surface area contributed by atoms with Gasteiger partial charge >= 0.3 is 5.97 Å². The summed E-state index contributed by atoms with van der Waals surface area (Å²) < 4.78 is 4.97. The Balaban J connectivity index is 2.29. The molecule has 0 spiro atoms. The minimum atomic E-state index is -0.657. The van der Waals surface area contributed by atoms with Gasteiger partial charge in [0, 0.05) is 13.5 Å². The summed E-state index contributed by atoms with van der Waals surface area (Å²) in [6.07, 6.45) is 0.155. The zero-order chi connectivity index (χ0) is 16.8. The molecule has 1 aliphatic rings. The van der Waals surface area contributed by atoms with E-state index in [-0.39, 0.29) is 31.2 Å². The van der Waals surface area contributed by atoms with Crippen LogP contribution >= 0.6 is 0 Å². The molecule has 7 heteroatoms. The summed E-state index contributed by atoms with van der Waals surface area (Å²) in [6, 6.07) is 10.4. The number of rotatable bonds is 5. The van der Waals surface area contributed by atoms with E-state index in [2.05, 4.69) is 5.10 Å². The van der Waals surface area contributed by atoms with E-state index < -0.39 is 12.0 Å². The second-order valence-electron chi connectivity index (χ2n) is 5.02. The fourth-order valence-corrected chi connectivity index (χ4v) is 2.30. The van der Waals surface area contributed by atoms with Crippen LogP contribution in [0.15, 0.2) is 35.4 Å². The van der Waals surface area contributed by atoms with E-state index in [0.717, 1.165) is 0 Å². The molecule has 1 amide bonds. The molecule has 1 aromatic rings. The second-order valence-corrected chi connectivity index (χ2v) is 5.02. The third kappa shape index (κ3) is 3.66. The van der Waals surface area contributed by atoms with Crippen LogP contribution in [0.2, 0.25) is 0 Å². The zero-order valence-corrected chi connectivity index (χ0v) is 13.1. The molecule has 2 rings (SSSR count). The lowest BCUT2D eigenvalue weighted by Gasteiger charge is -2.25. The largest absolute Gasteiger partial charge is 0.461 e. The number of nitrogens with zero attached hydrogens (tertiary/aromatic N) is 4. The average Bonchev–Trinajstić information content (AvgIpc) is 3.00. The highest BCUT2D eigenvalue weighted by Crippen LogP contribution is 2.25. The molecule has 0 saturated carbocycles. The number of amides is 1. The number of likely N-dealkylation sites (N-methyl/N-ethyl adjacent to an activating group) is 1. The molecule has 23 heavy (non-hydrogen) atoms. The smallest absolute Gasteiger partial charge is 0.354 e. The van der Waals surface area contributed by atoms with Crippen LogP contribution in [-0.4, -0.2) is 48.7 Å². The first kappa shape index (κ1) is 16.5. The third-order valence-corrected chi connectivity index (χ3v) is 3.41. The van der Waals surface area contributed by atoms with Crippen molar-refractivity contribution < 1.29 is 14.3 Å². The molecular formula is C16H18N4O3. The van der Waals surface area contributed by atoms with Crippen LogP contribution in [0, 0.1) is 11.3 Å². The number of benzene rings is 1. The van der Waals surface area contributed by atoms with Gasteiger partial charge in [0.2, 0.25) is 5.91 Å². The summed E-state index contributed by atoms with van der Waals surface area (Å²) in [5.74, 6) is -0.787. The maximum absolute atomic E-state index is 12.6. The lowest BCUT2D eigenvalue weighted by atomic mass is 10.1. The number of nitriles is 1. The predicted molar refractivity (Wildman–Crippen MR) is 84.6 cm³/mol. The van der Waals surface area contributed by atoms with E-state index in [0.29, 0.717) is 5.69 Å². The number of anilines is 1. The summed E-state index contributed by atoms with van der Waals surface area (Å²) >= 11 is 0. The van der Waals surface area contributed by atoms with Gasteiger partial charge in [0.1, 0.15) is 18.3 Å². The molecule has 0 radical (unpaired) electrons. The van der Waals surface area contributed by atoms with E-state index in [9.17, 15) is 9.59 Å². The van der Waals surface area contributed by atoms with E-state index in [1.807, 2.05) is 36.4 Å². The van der Waals surface area contributed by atoms with Crippen molar-refractivity contribution in [1.82, 2.24) is 4.90 Å². The number of para-hydroxylation sites is 1. The van der Waals surface area contributed by atoms with Gasteiger partial charge in [0.15, 0.2) is 0 Å².